The first-order chi connectivity index (χ1) is 7.93. The molecule has 1 aliphatic rings. The maximum absolute atomic E-state index is 11.7. The summed E-state index contributed by atoms with van der Waals surface area (Å²) in [4.78, 5) is 22.4. The zero-order valence-electron chi connectivity index (χ0n) is 10.4. The fourth-order valence-electron chi connectivity index (χ4n) is 1.73. The number of carboxylic acid groups (broad SMARTS) is 1. The zero-order valence-corrected chi connectivity index (χ0v) is 10.4. The van der Waals surface area contributed by atoms with Crippen LogP contribution >= 0.6 is 0 Å². The molecule has 0 bridgehead atoms. The van der Waals surface area contributed by atoms with Crippen molar-refractivity contribution in [3.8, 4) is 0 Å². The van der Waals surface area contributed by atoms with Gasteiger partial charge in [-0.05, 0) is 27.2 Å². The molecule has 17 heavy (non-hydrogen) atoms. The molecule has 96 valence electrons. The van der Waals surface area contributed by atoms with Crippen molar-refractivity contribution in [2.75, 3.05) is 13.2 Å². The summed E-state index contributed by atoms with van der Waals surface area (Å²) in [5.41, 5.74) is 0.335. The van der Waals surface area contributed by atoms with Gasteiger partial charge in [-0.1, -0.05) is 0 Å². The molecule has 2 atom stereocenters. The normalized spacial score (nSPS) is 25.4. The monoisotopic (exact) mass is 241 g/mol. The van der Waals surface area contributed by atoms with Crippen LogP contribution in [0.15, 0.2) is 11.1 Å². The Balaban J connectivity index is 2.50. The van der Waals surface area contributed by atoms with Gasteiger partial charge in [0.2, 0.25) is 5.91 Å². The van der Waals surface area contributed by atoms with Crippen LogP contribution in [0, 0.1) is 5.92 Å². The molecule has 1 rings (SSSR count). The minimum atomic E-state index is -1.06. The van der Waals surface area contributed by atoms with E-state index in [2.05, 4.69) is 5.32 Å². The Bertz CT molecular complexity index is 348. The van der Waals surface area contributed by atoms with E-state index in [1.807, 2.05) is 6.92 Å². The number of rotatable bonds is 4. The van der Waals surface area contributed by atoms with Crippen molar-refractivity contribution in [1.29, 1.82) is 0 Å². The fourth-order valence-corrected chi connectivity index (χ4v) is 1.73. The number of carbonyl (C=O) groups is 2. The molecule has 0 spiro atoms. The van der Waals surface area contributed by atoms with E-state index in [-0.39, 0.29) is 23.2 Å². The van der Waals surface area contributed by atoms with E-state index < -0.39 is 5.97 Å². The summed E-state index contributed by atoms with van der Waals surface area (Å²) in [6.07, 6.45) is 1.09. The summed E-state index contributed by atoms with van der Waals surface area (Å²) in [7, 11) is 0. The molecular weight excluding hydrogens is 222 g/mol. The predicted octanol–water partition coefficient (Wildman–Crippen LogP) is 0.949. The first kappa shape index (κ1) is 13.7. The average Bonchev–Trinajstić information content (AvgIpc) is 2.69. The minimum absolute atomic E-state index is 0.0817. The molecule has 2 N–H and O–H groups in total. The lowest BCUT2D eigenvalue weighted by molar-refractivity contribution is -0.133. The highest BCUT2D eigenvalue weighted by Gasteiger charge is 2.24. The highest BCUT2D eigenvalue weighted by Crippen LogP contribution is 2.19. The van der Waals surface area contributed by atoms with E-state index in [1.54, 1.807) is 0 Å². The molecule has 1 heterocycles. The Kier molecular flexibility index (Phi) is 4.69. The summed E-state index contributed by atoms with van der Waals surface area (Å²) in [5, 5.41) is 11.5. The lowest BCUT2D eigenvalue weighted by Crippen LogP contribution is -2.33. The Morgan fingerprint density at radius 2 is 2.00 bits per heavy atom. The second-order valence-electron chi connectivity index (χ2n) is 4.39. The van der Waals surface area contributed by atoms with Gasteiger partial charge in [0.25, 0.3) is 0 Å². The molecule has 0 aromatic heterocycles. The van der Waals surface area contributed by atoms with E-state index in [1.165, 1.54) is 13.8 Å². The number of amides is 1. The second-order valence-corrected chi connectivity index (χ2v) is 4.39. The van der Waals surface area contributed by atoms with Crippen LogP contribution in [0.25, 0.3) is 0 Å². The van der Waals surface area contributed by atoms with Gasteiger partial charge < -0.3 is 15.2 Å². The van der Waals surface area contributed by atoms with Crippen molar-refractivity contribution < 1.29 is 19.4 Å². The second kappa shape index (κ2) is 5.82. The van der Waals surface area contributed by atoms with Crippen LogP contribution in [0.5, 0.6) is 0 Å². The van der Waals surface area contributed by atoms with Crippen molar-refractivity contribution in [2.24, 2.45) is 5.92 Å². The molecular formula is C12H19NO4. The smallest absolute Gasteiger partial charge is 0.331 e. The highest BCUT2D eigenvalue weighted by molar-refractivity contribution is 6.01. The molecule has 0 aliphatic carbocycles. The molecule has 0 aromatic carbocycles. The Morgan fingerprint density at radius 3 is 2.47 bits per heavy atom. The molecule has 1 fully saturated rings. The summed E-state index contributed by atoms with van der Waals surface area (Å²) >= 11 is 0. The summed E-state index contributed by atoms with van der Waals surface area (Å²) in [5.74, 6) is -1.06. The van der Waals surface area contributed by atoms with Crippen molar-refractivity contribution >= 4 is 11.9 Å². The van der Waals surface area contributed by atoms with E-state index in [0.29, 0.717) is 12.5 Å². The number of hydrogen-bond acceptors (Lipinski definition) is 3. The number of nitrogens with one attached hydrogen (secondary N) is 1. The number of carboxylic acids is 1. The molecule has 0 saturated carbocycles. The van der Waals surface area contributed by atoms with Gasteiger partial charge >= 0.3 is 5.97 Å². The Labute approximate surface area is 101 Å². The van der Waals surface area contributed by atoms with Crippen LogP contribution in [0.2, 0.25) is 0 Å². The van der Waals surface area contributed by atoms with Gasteiger partial charge in [0.05, 0.1) is 6.10 Å². The topological polar surface area (TPSA) is 75.6 Å². The lowest BCUT2D eigenvalue weighted by atomic mass is 10.0. The molecule has 5 nitrogen and oxygen atoms in total. The van der Waals surface area contributed by atoms with Gasteiger partial charge in [0.15, 0.2) is 0 Å². The van der Waals surface area contributed by atoms with Crippen LogP contribution < -0.4 is 5.32 Å². The molecule has 1 aliphatic heterocycles. The van der Waals surface area contributed by atoms with Crippen LogP contribution in [-0.4, -0.2) is 36.2 Å². The van der Waals surface area contributed by atoms with Gasteiger partial charge in [-0.2, -0.15) is 0 Å². The van der Waals surface area contributed by atoms with E-state index in [9.17, 15) is 9.59 Å². The van der Waals surface area contributed by atoms with Gasteiger partial charge in [-0.15, -0.1) is 0 Å². The molecule has 0 radical (unpaired) electrons. The molecule has 0 aromatic rings. The van der Waals surface area contributed by atoms with Crippen molar-refractivity contribution in [3.63, 3.8) is 0 Å². The summed E-state index contributed by atoms with van der Waals surface area (Å²) in [6.45, 7) is 6.19. The third-order valence-electron chi connectivity index (χ3n) is 3.28. The number of hydrogen-bond donors (Lipinski definition) is 2. The quantitative estimate of drug-likeness (QED) is 0.718. The van der Waals surface area contributed by atoms with Gasteiger partial charge in [0, 0.05) is 30.2 Å². The van der Waals surface area contributed by atoms with E-state index in [4.69, 9.17) is 9.84 Å². The maximum Gasteiger partial charge on any atom is 0.331 e. The third-order valence-corrected chi connectivity index (χ3v) is 3.28. The summed E-state index contributed by atoms with van der Waals surface area (Å²) in [6, 6.07) is 0. The van der Waals surface area contributed by atoms with Crippen LogP contribution in [0.3, 0.4) is 0 Å². The molecule has 1 amide bonds. The van der Waals surface area contributed by atoms with Crippen LogP contribution in [0.1, 0.15) is 27.2 Å². The molecule has 1 saturated heterocycles. The SMILES string of the molecule is CC(C(=O)O)=C(C)C(=O)NCC1CCOC1C. The average molecular weight is 241 g/mol. The standard InChI is InChI=1S/C12H19NO4/c1-7(8(2)12(15)16)11(14)13-6-10-4-5-17-9(10)3/h9-10H,4-6H2,1-3H3,(H,13,14)(H,15,16). The van der Waals surface area contributed by atoms with Crippen molar-refractivity contribution in [1.82, 2.24) is 5.32 Å². The largest absolute Gasteiger partial charge is 0.478 e. The van der Waals surface area contributed by atoms with E-state index >= 15 is 0 Å². The van der Waals surface area contributed by atoms with Gasteiger partial charge in [-0.25, -0.2) is 4.79 Å². The molecule has 5 heteroatoms. The first-order valence-electron chi connectivity index (χ1n) is 5.74. The fraction of sp³-hybridized carbons (Fsp3) is 0.667. The number of carbonyl (C=O) groups excluding carboxylic acids is 1. The number of ether oxygens (including phenoxy) is 1. The Morgan fingerprint density at radius 1 is 1.35 bits per heavy atom. The van der Waals surface area contributed by atoms with Crippen molar-refractivity contribution in [2.45, 2.75) is 33.3 Å². The highest BCUT2D eigenvalue weighted by atomic mass is 16.5. The number of aliphatic carboxylic acids is 1. The van der Waals surface area contributed by atoms with Crippen LogP contribution in [-0.2, 0) is 14.3 Å². The predicted molar refractivity (Wildman–Crippen MR) is 62.5 cm³/mol. The third kappa shape index (κ3) is 3.56. The van der Waals surface area contributed by atoms with Gasteiger partial charge in [0.1, 0.15) is 0 Å². The maximum atomic E-state index is 11.7. The van der Waals surface area contributed by atoms with Gasteiger partial charge in [-0.3, -0.25) is 4.79 Å². The zero-order chi connectivity index (χ0) is 13.0. The summed E-state index contributed by atoms with van der Waals surface area (Å²) < 4.78 is 5.39. The van der Waals surface area contributed by atoms with Crippen LogP contribution in [0.4, 0.5) is 0 Å². The molecule has 2 unspecified atom stereocenters. The van der Waals surface area contributed by atoms with E-state index in [0.717, 1.165) is 13.0 Å². The minimum Gasteiger partial charge on any atom is -0.478 e. The lowest BCUT2D eigenvalue weighted by Gasteiger charge is -2.15. The first-order valence-corrected chi connectivity index (χ1v) is 5.74. The van der Waals surface area contributed by atoms with Crippen molar-refractivity contribution in [3.05, 3.63) is 11.1 Å². The Hall–Kier alpha value is -1.36.